The molecule has 1 aromatic rings. The number of benzene rings is 1. The largest absolute Gasteiger partial charge is 0.390 e. The SMILES string of the molecule is FC(F)(F)C[C@H](Cl)c1ccc(Cl)cc1. The minimum atomic E-state index is -4.24. The minimum Gasteiger partial charge on any atom is -0.171 e. The predicted molar refractivity (Wildman–Crippen MR) is 50.7 cm³/mol. The third-order valence-electron chi connectivity index (χ3n) is 1.64. The quantitative estimate of drug-likeness (QED) is 0.667. The van der Waals surface area contributed by atoms with Crippen LogP contribution in [-0.4, -0.2) is 6.18 Å². The van der Waals surface area contributed by atoms with Crippen LogP contribution in [0.5, 0.6) is 0 Å². The topological polar surface area (TPSA) is 0 Å². The molecule has 1 atom stereocenters. The molecule has 0 bridgehead atoms. The van der Waals surface area contributed by atoms with E-state index in [0.717, 1.165) is 0 Å². The Labute approximate surface area is 89.6 Å². The van der Waals surface area contributed by atoms with Gasteiger partial charge in [0, 0.05) is 5.02 Å². The number of hydrogen-bond acceptors (Lipinski definition) is 0. The standard InChI is InChI=1S/C9H7Cl2F3/c10-7-3-1-6(2-4-7)8(11)5-9(12,13)14/h1-4,8H,5H2/t8-/m0/s1. The van der Waals surface area contributed by atoms with Gasteiger partial charge in [-0.3, -0.25) is 0 Å². The molecule has 0 aliphatic rings. The second-order valence-corrected chi connectivity index (χ2v) is 3.80. The van der Waals surface area contributed by atoms with Crippen molar-refractivity contribution in [2.24, 2.45) is 0 Å². The van der Waals surface area contributed by atoms with Gasteiger partial charge < -0.3 is 0 Å². The molecule has 5 heteroatoms. The van der Waals surface area contributed by atoms with Crippen LogP contribution in [0.1, 0.15) is 17.4 Å². The van der Waals surface area contributed by atoms with Gasteiger partial charge in [0.25, 0.3) is 0 Å². The molecule has 0 radical (unpaired) electrons. The summed E-state index contributed by atoms with van der Waals surface area (Å²) in [7, 11) is 0. The lowest BCUT2D eigenvalue weighted by Crippen LogP contribution is -2.10. The maximum absolute atomic E-state index is 12.0. The summed E-state index contributed by atoms with van der Waals surface area (Å²) in [6.07, 6.45) is -5.28. The Bertz CT molecular complexity index is 292. The van der Waals surface area contributed by atoms with Crippen LogP contribution < -0.4 is 0 Å². The first-order chi connectivity index (χ1) is 6.38. The molecule has 0 N–H and O–H groups in total. The Morgan fingerprint density at radius 1 is 1.14 bits per heavy atom. The highest BCUT2D eigenvalue weighted by molar-refractivity contribution is 6.30. The molecule has 0 saturated carbocycles. The van der Waals surface area contributed by atoms with Crippen LogP contribution in [0.3, 0.4) is 0 Å². The van der Waals surface area contributed by atoms with Crippen LogP contribution in [-0.2, 0) is 0 Å². The fourth-order valence-electron chi connectivity index (χ4n) is 0.993. The van der Waals surface area contributed by atoms with Gasteiger partial charge in [0.05, 0.1) is 11.8 Å². The average Bonchev–Trinajstić information content (AvgIpc) is 2.02. The summed E-state index contributed by atoms with van der Waals surface area (Å²) in [6, 6.07) is 6.02. The fraction of sp³-hybridized carbons (Fsp3) is 0.333. The number of alkyl halides is 4. The van der Waals surface area contributed by atoms with Gasteiger partial charge in [-0.15, -0.1) is 11.6 Å². The van der Waals surface area contributed by atoms with E-state index in [1.54, 1.807) is 0 Å². The lowest BCUT2D eigenvalue weighted by molar-refractivity contribution is -0.134. The van der Waals surface area contributed by atoms with Gasteiger partial charge in [-0.1, -0.05) is 23.7 Å². The molecule has 1 rings (SSSR count). The summed E-state index contributed by atoms with van der Waals surface area (Å²) in [4.78, 5) is 0. The fourth-order valence-corrected chi connectivity index (χ4v) is 1.44. The number of hydrogen-bond donors (Lipinski definition) is 0. The van der Waals surface area contributed by atoms with Crippen molar-refractivity contribution < 1.29 is 13.2 Å². The van der Waals surface area contributed by atoms with E-state index in [0.29, 0.717) is 10.6 Å². The first kappa shape index (κ1) is 11.7. The predicted octanol–water partition coefficient (Wildman–Crippen LogP) is 4.57. The Morgan fingerprint density at radius 3 is 2.07 bits per heavy atom. The zero-order chi connectivity index (χ0) is 10.8. The summed E-state index contributed by atoms with van der Waals surface area (Å²) in [5, 5.41) is -0.572. The van der Waals surface area contributed by atoms with Gasteiger partial charge >= 0.3 is 6.18 Å². The Kier molecular flexibility index (Phi) is 3.67. The third kappa shape index (κ3) is 3.76. The van der Waals surface area contributed by atoms with Gasteiger partial charge in [0.2, 0.25) is 0 Å². The highest BCUT2D eigenvalue weighted by atomic mass is 35.5. The zero-order valence-corrected chi connectivity index (χ0v) is 8.50. The molecule has 0 aromatic heterocycles. The lowest BCUT2D eigenvalue weighted by Gasteiger charge is -2.12. The molecular weight excluding hydrogens is 236 g/mol. The second-order valence-electron chi connectivity index (χ2n) is 2.84. The summed E-state index contributed by atoms with van der Waals surface area (Å²) in [5.41, 5.74) is 0.424. The Morgan fingerprint density at radius 2 is 1.64 bits per heavy atom. The first-order valence-electron chi connectivity index (χ1n) is 3.85. The van der Waals surface area contributed by atoms with E-state index in [2.05, 4.69) is 0 Å². The van der Waals surface area contributed by atoms with Gasteiger partial charge in [-0.25, -0.2) is 0 Å². The van der Waals surface area contributed by atoms with Gasteiger partial charge in [0.1, 0.15) is 0 Å². The summed E-state index contributed by atoms with van der Waals surface area (Å²) < 4.78 is 35.9. The van der Waals surface area contributed by atoms with Crippen LogP contribution in [0.2, 0.25) is 5.02 Å². The van der Waals surface area contributed by atoms with Crippen LogP contribution in [0.25, 0.3) is 0 Å². The second kappa shape index (κ2) is 4.41. The molecule has 0 saturated heterocycles. The van der Waals surface area contributed by atoms with E-state index in [-0.39, 0.29) is 0 Å². The van der Waals surface area contributed by atoms with Gasteiger partial charge in [-0.05, 0) is 17.7 Å². The van der Waals surface area contributed by atoms with Crippen molar-refractivity contribution in [1.29, 1.82) is 0 Å². The molecule has 0 aliphatic heterocycles. The average molecular weight is 243 g/mol. The molecule has 78 valence electrons. The molecule has 0 aliphatic carbocycles. The van der Waals surface area contributed by atoms with Crippen molar-refractivity contribution in [2.75, 3.05) is 0 Å². The van der Waals surface area contributed by atoms with Crippen molar-refractivity contribution in [3.8, 4) is 0 Å². The van der Waals surface area contributed by atoms with Crippen molar-refractivity contribution in [1.82, 2.24) is 0 Å². The van der Waals surface area contributed by atoms with Crippen molar-refractivity contribution in [3.63, 3.8) is 0 Å². The van der Waals surface area contributed by atoms with Crippen LogP contribution >= 0.6 is 23.2 Å². The molecule has 0 fully saturated rings. The van der Waals surface area contributed by atoms with E-state index < -0.39 is 18.0 Å². The zero-order valence-electron chi connectivity index (χ0n) is 6.98. The van der Waals surface area contributed by atoms with Crippen LogP contribution in [0.4, 0.5) is 13.2 Å². The van der Waals surface area contributed by atoms with E-state index in [9.17, 15) is 13.2 Å². The smallest absolute Gasteiger partial charge is 0.171 e. The summed E-state index contributed by atoms with van der Waals surface area (Å²) in [5.74, 6) is 0. The monoisotopic (exact) mass is 242 g/mol. The molecule has 0 heterocycles. The van der Waals surface area contributed by atoms with E-state index in [4.69, 9.17) is 23.2 Å². The van der Waals surface area contributed by atoms with Crippen molar-refractivity contribution in [3.05, 3.63) is 34.9 Å². The summed E-state index contributed by atoms with van der Waals surface area (Å²) in [6.45, 7) is 0. The Hall–Kier alpha value is -0.410. The van der Waals surface area contributed by atoms with Gasteiger partial charge in [-0.2, -0.15) is 13.2 Å². The van der Waals surface area contributed by atoms with Crippen LogP contribution in [0.15, 0.2) is 24.3 Å². The molecular formula is C9H7Cl2F3. The normalized spacial score (nSPS) is 14.1. The van der Waals surface area contributed by atoms with Crippen LogP contribution in [0, 0.1) is 0 Å². The lowest BCUT2D eigenvalue weighted by atomic mass is 10.1. The maximum Gasteiger partial charge on any atom is 0.390 e. The molecule has 0 amide bonds. The summed E-state index contributed by atoms with van der Waals surface area (Å²) >= 11 is 11.2. The number of rotatable bonds is 2. The van der Waals surface area contributed by atoms with Crippen molar-refractivity contribution in [2.45, 2.75) is 18.0 Å². The third-order valence-corrected chi connectivity index (χ3v) is 2.30. The molecule has 0 spiro atoms. The van der Waals surface area contributed by atoms with E-state index in [1.807, 2.05) is 0 Å². The highest BCUT2D eigenvalue weighted by Gasteiger charge is 2.31. The van der Waals surface area contributed by atoms with Gasteiger partial charge in [0.15, 0.2) is 0 Å². The molecule has 14 heavy (non-hydrogen) atoms. The minimum absolute atomic E-state index is 0.424. The molecule has 1 aromatic carbocycles. The molecule has 0 unspecified atom stereocenters. The molecule has 0 nitrogen and oxygen atoms in total. The van der Waals surface area contributed by atoms with Crippen molar-refractivity contribution >= 4 is 23.2 Å². The van der Waals surface area contributed by atoms with E-state index in [1.165, 1.54) is 24.3 Å². The first-order valence-corrected chi connectivity index (χ1v) is 4.66. The maximum atomic E-state index is 12.0. The highest BCUT2D eigenvalue weighted by Crippen LogP contribution is 2.34. The van der Waals surface area contributed by atoms with E-state index >= 15 is 0 Å². The Balaban J connectivity index is 2.70. The number of halogens is 5.